The maximum absolute atomic E-state index is 12.3. The van der Waals surface area contributed by atoms with Crippen LogP contribution in [0.15, 0.2) is 66.0 Å². The number of aliphatic carboxylic acids is 1. The number of carbonyl (C=O) groups is 2. The van der Waals surface area contributed by atoms with Gasteiger partial charge < -0.3 is 10.3 Å². The van der Waals surface area contributed by atoms with Crippen LogP contribution in [0.25, 0.3) is 6.08 Å². The zero-order valence-corrected chi connectivity index (χ0v) is 11.4. The Morgan fingerprint density at radius 2 is 1.50 bits per heavy atom. The predicted molar refractivity (Wildman–Crippen MR) is 80.6 cm³/mol. The van der Waals surface area contributed by atoms with Gasteiger partial charge in [-0.3, -0.25) is 4.79 Å². The van der Waals surface area contributed by atoms with Gasteiger partial charge in [0.25, 0.3) is 0 Å². The fourth-order valence-electron chi connectivity index (χ4n) is 1.76. The van der Waals surface area contributed by atoms with Crippen molar-refractivity contribution >= 4 is 17.8 Å². The molecule has 0 radical (unpaired) electrons. The zero-order chi connectivity index (χ0) is 16.4. The van der Waals surface area contributed by atoms with E-state index in [0.29, 0.717) is 16.7 Å². The minimum atomic E-state index is -1.04. The number of carbonyl (C=O) groups excluding carboxylic acids is 1. The van der Waals surface area contributed by atoms with Gasteiger partial charge in [-0.25, -0.2) is 4.79 Å². The Balaban J connectivity index is 0.000000745. The number of nitrogens with zero attached hydrogens (tertiary/aromatic N) is 1. The van der Waals surface area contributed by atoms with Crippen LogP contribution in [0.3, 0.4) is 0 Å². The molecule has 2 N–H and O–H groups in total. The van der Waals surface area contributed by atoms with Crippen molar-refractivity contribution in [2.75, 3.05) is 0 Å². The van der Waals surface area contributed by atoms with E-state index >= 15 is 0 Å². The third-order valence-electron chi connectivity index (χ3n) is 2.65. The second kappa shape index (κ2) is 8.80. The molecule has 0 bridgehead atoms. The highest BCUT2D eigenvalue weighted by Crippen LogP contribution is 2.16. The van der Waals surface area contributed by atoms with Crippen LogP contribution in [0.1, 0.15) is 21.5 Å². The SMILES string of the molecule is O=C(O)/C=C/c1ccccc1C(=O)c1ccccc1.O=NO. The summed E-state index contributed by atoms with van der Waals surface area (Å²) >= 11 is 0. The van der Waals surface area contributed by atoms with Crippen LogP contribution in [0.5, 0.6) is 0 Å². The van der Waals surface area contributed by atoms with Crippen LogP contribution in [0, 0.1) is 4.91 Å². The molecule has 0 saturated carbocycles. The van der Waals surface area contributed by atoms with Crippen molar-refractivity contribution in [3.63, 3.8) is 0 Å². The van der Waals surface area contributed by atoms with Gasteiger partial charge in [-0.2, -0.15) is 0 Å². The number of ketones is 1. The van der Waals surface area contributed by atoms with E-state index in [4.69, 9.17) is 15.2 Å². The normalized spacial score (nSPS) is 9.64. The van der Waals surface area contributed by atoms with E-state index in [2.05, 4.69) is 0 Å². The van der Waals surface area contributed by atoms with Crippen molar-refractivity contribution in [2.24, 2.45) is 5.34 Å². The van der Waals surface area contributed by atoms with Crippen LogP contribution in [-0.2, 0) is 4.79 Å². The molecule has 0 unspecified atom stereocenters. The maximum atomic E-state index is 12.3. The molecule has 0 aliphatic heterocycles. The van der Waals surface area contributed by atoms with Gasteiger partial charge >= 0.3 is 5.97 Å². The number of benzene rings is 2. The summed E-state index contributed by atoms with van der Waals surface area (Å²) in [4.78, 5) is 31.0. The second-order valence-electron chi connectivity index (χ2n) is 4.04. The summed E-state index contributed by atoms with van der Waals surface area (Å²) < 4.78 is 0. The molecule has 2 aromatic carbocycles. The lowest BCUT2D eigenvalue weighted by atomic mass is 9.98. The van der Waals surface area contributed by atoms with Gasteiger partial charge in [-0.15, -0.1) is 4.91 Å². The van der Waals surface area contributed by atoms with Crippen LogP contribution in [0.4, 0.5) is 0 Å². The van der Waals surface area contributed by atoms with Crippen molar-refractivity contribution in [1.29, 1.82) is 0 Å². The van der Waals surface area contributed by atoms with E-state index in [9.17, 15) is 9.59 Å². The number of hydrogen-bond acceptors (Lipinski definition) is 4. The van der Waals surface area contributed by atoms with Gasteiger partial charge in [0.2, 0.25) is 0 Å². The Hall–Kier alpha value is -3.28. The molecule has 2 aromatic rings. The lowest BCUT2D eigenvalue weighted by Crippen LogP contribution is -2.03. The molecule has 0 aliphatic rings. The van der Waals surface area contributed by atoms with E-state index < -0.39 is 5.97 Å². The molecule has 2 rings (SSSR count). The van der Waals surface area contributed by atoms with Gasteiger partial charge in [0.15, 0.2) is 11.1 Å². The van der Waals surface area contributed by atoms with E-state index in [1.807, 2.05) is 6.07 Å². The highest BCUT2D eigenvalue weighted by molar-refractivity contribution is 6.11. The van der Waals surface area contributed by atoms with Crippen LogP contribution in [0.2, 0.25) is 0 Å². The Labute approximate surface area is 126 Å². The molecule has 0 aromatic heterocycles. The zero-order valence-electron chi connectivity index (χ0n) is 11.4. The number of rotatable bonds is 4. The highest BCUT2D eigenvalue weighted by atomic mass is 16.6. The molecule has 6 nitrogen and oxygen atoms in total. The fraction of sp³-hybridized carbons (Fsp3) is 0. The quantitative estimate of drug-likeness (QED) is 0.390. The third kappa shape index (κ3) is 5.01. The Bertz CT molecular complexity index is 680. The molecule has 6 heteroatoms. The smallest absolute Gasteiger partial charge is 0.328 e. The van der Waals surface area contributed by atoms with Crippen molar-refractivity contribution in [2.45, 2.75) is 0 Å². The Morgan fingerprint density at radius 1 is 0.955 bits per heavy atom. The first kappa shape index (κ1) is 16.8. The van der Waals surface area contributed by atoms with Gasteiger partial charge in [0.1, 0.15) is 0 Å². The average molecular weight is 299 g/mol. The summed E-state index contributed by atoms with van der Waals surface area (Å²) in [5.41, 5.74) is 1.67. The summed E-state index contributed by atoms with van der Waals surface area (Å²) in [7, 11) is 0. The van der Waals surface area contributed by atoms with Crippen LogP contribution >= 0.6 is 0 Å². The molecule has 0 aliphatic carbocycles. The second-order valence-corrected chi connectivity index (χ2v) is 4.04. The van der Waals surface area contributed by atoms with Gasteiger partial charge in [0.05, 0.1) is 0 Å². The van der Waals surface area contributed by atoms with Crippen molar-refractivity contribution in [3.05, 3.63) is 82.3 Å². The Morgan fingerprint density at radius 3 is 2.09 bits per heavy atom. The number of carboxylic acids is 1. The largest absolute Gasteiger partial charge is 0.478 e. The summed E-state index contributed by atoms with van der Waals surface area (Å²) in [5.74, 6) is -1.16. The Kier molecular flexibility index (Phi) is 6.71. The first-order valence-electron chi connectivity index (χ1n) is 6.16. The monoisotopic (exact) mass is 299 g/mol. The van der Waals surface area contributed by atoms with E-state index in [1.54, 1.807) is 48.5 Å². The summed E-state index contributed by atoms with van der Waals surface area (Å²) in [5, 5.41) is 16.5. The minimum Gasteiger partial charge on any atom is -0.478 e. The van der Waals surface area contributed by atoms with E-state index in [-0.39, 0.29) is 5.78 Å². The maximum Gasteiger partial charge on any atom is 0.328 e. The molecule has 22 heavy (non-hydrogen) atoms. The van der Waals surface area contributed by atoms with E-state index in [0.717, 1.165) is 6.08 Å². The van der Waals surface area contributed by atoms with Crippen molar-refractivity contribution < 1.29 is 19.9 Å². The summed E-state index contributed by atoms with van der Waals surface area (Å²) in [6.07, 6.45) is 2.45. The van der Waals surface area contributed by atoms with Gasteiger partial charge in [-0.1, -0.05) is 54.6 Å². The van der Waals surface area contributed by atoms with Crippen molar-refractivity contribution in [1.82, 2.24) is 0 Å². The van der Waals surface area contributed by atoms with Gasteiger partial charge in [0, 0.05) is 17.2 Å². The van der Waals surface area contributed by atoms with Crippen LogP contribution in [-0.4, -0.2) is 22.1 Å². The minimum absolute atomic E-state index is 0.119. The van der Waals surface area contributed by atoms with Crippen LogP contribution < -0.4 is 0 Å². The third-order valence-corrected chi connectivity index (χ3v) is 2.65. The molecular formula is C16H13NO5. The standard InChI is InChI=1S/C16H12O3.HNO2/c17-15(18)11-10-12-6-4-5-9-14(12)16(19)13-7-2-1-3-8-13;2-1-3/h1-11H,(H,17,18);(H,2,3)/b11-10+;. The lowest BCUT2D eigenvalue weighted by molar-refractivity contribution is -0.131. The van der Waals surface area contributed by atoms with E-state index in [1.165, 1.54) is 11.4 Å². The highest BCUT2D eigenvalue weighted by Gasteiger charge is 2.11. The predicted octanol–water partition coefficient (Wildman–Crippen LogP) is 3.16. The molecule has 0 saturated heterocycles. The summed E-state index contributed by atoms with van der Waals surface area (Å²) in [6, 6.07) is 15.8. The molecular weight excluding hydrogens is 286 g/mol. The number of carboxylic acid groups (broad SMARTS) is 1. The first-order chi connectivity index (χ1) is 10.6. The topological polar surface area (TPSA) is 104 Å². The molecule has 0 amide bonds. The average Bonchev–Trinajstić information content (AvgIpc) is 2.54. The summed E-state index contributed by atoms with van der Waals surface area (Å²) in [6.45, 7) is 0. The number of hydrogen-bond donors (Lipinski definition) is 2. The lowest BCUT2D eigenvalue weighted by Gasteiger charge is -2.04. The molecule has 0 fully saturated rings. The van der Waals surface area contributed by atoms with Gasteiger partial charge in [-0.05, 0) is 11.6 Å². The van der Waals surface area contributed by atoms with Crippen molar-refractivity contribution in [3.8, 4) is 0 Å². The molecule has 0 spiro atoms. The molecule has 0 heterocycles. The fourth-order valence-corrected chi connectivity index (χ4v) is 1.76. The molecule has 112 valence electrons. The first-order valence-corrected chi connectivity index (χ1v) is 6.16. The molecule has 0 atom stereocenters.